The maximum absolute atomic E-state index is 14.8. The van der Waals surface area contributed by atoms with Gasteiger partial charge in [0.1, 0.15) is 0 Å². The monoisotopic (exact) mass is 370 g/mol. The zero-order valence-corrected chi connectivity index (χ0v) is 16.2. The van der Waals surface area contributed by atoms with Crippen molar-refractivity contribution >= 4 is 0 Å². The van der Waals surface area contributed by atoms with Gasteiger partial charge in [-0.15, -0.1) is 0 Å². The van der Waals surface area contributed by atoms with E-state index in [1.165, 1.54) is 5.56 Å². The summed E-state index contributed by atoms with van der Waals surface area (Å²) in [5.41, 5.74) is 2.76. The number of methoxy groups -OCH3 is 1. The summed E-state index contributed by atoms with van der Waals surface area (Å²) in [5.74, 6) is -1.34. The van der Waals surface area contributed by atoms with E-state index in [9.17, 15) is 8.78 Å². The Kier molecular flexibility index (Phi) is 6.78. The fourth-order valence-corrected chi connectivity index (χ4v) is 3.98. The smallest absolute Gasteiger partial charge is 0.166 e. The zero-order valence-electron chi connectivity index (χ0n) is 16.2. The van der Waals surface area contributed by atoms with E-state index >= 15 is 0 Å². The topological polar surface area (TPSA) is 9.23 Å². The summed E-state index contributed by atoms with van der Waals surface area (Å²) >= 11 is 0. The number of hydrogen-bond acceptors (Lipinski definition) is 1. The van der Waals surface area contributed by atoms with E-state index in [1.807, 2.05) is 37.3 Å². The Hall–Kier alpha value is -2.00. The fraction of sp³-hybridized carbons (Fsp3) is 0.417. The third-order valence-electron chi connectivity index (χ3n) is 5.66. The van der Waals surface area contributed by atoms with E-state index < -0.39 is 11.6 Å². The highest BCUT2D eigenvalue weighted by Gasteiger charge is 2.26. The van der Waals surface area contributed by atoms with Crippen LogP contribution in [0.3, 0.4) is 0 Å². The van der Waals surface area contributed by atoms with Crippen molar-refractivity contribution in [1.82, 2.24) is 0 Å². The van der Waals surface area contributed by atoms with Crippen molar-refractivity contribution in [3.05, 3.63) is 71.3 Å². The van der Waals surface area contributed by atoms with E-state index in [-0.39, 0.29) is 12.0 Å². The highest BCUT2D eigenvalue weighted by Crippen LogP contribution is 2.37. The molecule has 0 N–H and O–H groups in total. The van der Waals surface area contributed by atoms with E-state index in [0.29, 0.717) is 11.1 Å². The third-order valence-corrected chi connectivity index (χ3v) is 5.66. The molecule has 1 aliphatic rings. The maximum Gasteiger partial charge on any atom is 0.166 e. The van der Waals surface area contributed by atoms with Gasteiger partial charge in [0, 0.05) is 12.7 Å². The van der Waals surface area contributed by atoms with Crippen LogP contribution in [0.2, 0.25) is 0 Å². The first-order chi connectivity index (χ1) is 13.1. The number of allylic oxidation sites excluding steroid dienone is 2. The molecule has 2 aromatic carbocycles. The first-order valence-corrected chi connectivity index (χ1v) is 9.85. The average molecular weight is 370 g/mol. The van der Waals surface area contributed by atoms with Gasteiger partial charge in [0.05, 0.1) is 6.10 Å². The number of rotatable bonds is 6. The molecule has 1 saturated carbocycles. The molecule has 3 heteroatoms. The van der Waals surface area contributed by atoms with Gasteiger partial charge in [-0.1, -0.05) is 48.6 Å². The van der Waals surface area contributed by atoms with Crippen LogP contribution >= 0.6 is 0 Å². The Morgan fingerprint density at radius 3 is 2.30 bits per heavy atom. The molecule has 0 saturated heterocycles. The highest BCUT2D eigenvalue weighted by atomic mass is 19.2. The molecule has 3 rings (SSSR count). The molecule has 0 unspecified atom stereocenters. The second-order valence-corrected chi connectivity index (χ2v) is 7.34. The molecule has 2 aromatic rings. The van der Waals surface area contributed by atoms with Crippen LogP contribution in [0.25, 0.3) is 11.1 Å². The molecule has 0 bridgehead atoms. The van der Waals surface area contributed by atoms with Crippen LogP contribution in [0.15, 0.2) is 48.6 Å². The standard InChI is InChI=1S/C24H28F2O/c1-3-4-5-6-17-7-9-18(10-8-17)21-15-16-22(24(26)23(21)25)19-11-13-20(27-2)14-12-19/h3-4,7-10,15-16,19-20H,5-6,11-14H2,1-2H3/b4-3+. The number of aryl methyl sites for hydroxylation is 1. The summed E-state index contributed by atoms with van der Waals surface area (Å²) in [4.78, 5) is 0. The second kappa shape index (κ2) is 9.27. The first-order valence-electron chi connectivity index (χ1n) is 9.85. The number of halogens is 2. The molecule has 0 heterocycles. The van der Waals surface area contributed by atoms with Gasteiger partial charge < -0.3 is 4.74 Å². The molecular formula is C24H28F2O. The quantitative estimate of drug-likeness (QED) is 0.507. The molecule has 27 heavy (non-hydrogen) atoms. The van der Waals surface area contributed by atoms with Gasteiger partial charge in [0.25, 0.3) is 0 Å². The SMILES string of the molecule is C/C=C/CCc1ccc(-c2ccc(C3CCC(OC)CC3)c(F)c2F)cc1. The Morgan fingerprint density at radius 2 is 1.67 bits per heavy atom. The molecule has 1 fully saturated rings. The second-order valence-electron chi connectivity index (χ2n) is 7.34. The molecular weight excluding hydrogens is 342 g/mol. The van der Waals surface area contributed by atoms with Gasteiger partial charge in [0.2, 0.25) is 0 Å². The summed E-state index contributed by atoms with van der Waals surface area (Å²) in [6.45, 7) is 2.01. The number of benzene rings is 2. The van der Waals surface area contributed by atoms with Crippen molar-refractivity contribution < 1.29 is 13.5 Å². The van der Waals surface area contributed by atoms with Gasteiger partial charge in [-0.05, 0) is 68.1 Å². The molecule has 0 amide bonds. The van der Waals surface area contributed by atoms with Gasteiger partial charge in [-0.3, -0.25) is 0 Å². The van der Waals surface area contributed by atoms with Crippen LogP contribution in [0, 0.1) is 11.6 Å². The summed E-state index contributed by atoms with van der Waals surface area (Å²) < 4.78 is 34.9. The van der Waals surface area contributed by atoms with E-state index in [0.717, 1.165) is 44.1 Å². The lowest BCUT2D eigenvalue weighted by atomic mass is 9.82. The normalized spacial score (nSPS) is 20.3. The van der Waals surface area contributed by atoms with Crippen LogP contribution < -0.4 is 0 Å². The average Bonchev–Trinajstić information content (AvgIpc) is 2.71. The van der Waals surface area contributed by atoms with Crippen molar-refractivity contribution in [2.24, 2.45) is 0 Å². The lowest BCUT2D eigenvalue weighted by Gasteiger charge is -2.28. The fourth-order valence-electron chi connectivity index (χ4n) is 3.98. The maximum atomic E-state index is 14.8. The van der Waals surface area contributed by atoms with Crippen molar-refractivity contribution in [1.29, 1.82) is 0 Å². The highest BCUT2D eigenvalue weighted by molar-refractivity contribution is 5.65. The summed E-state index contributed by atoms with van der Waals surface area (Å²) in [6, 6.07) is 11.3. The molecule has 1 nitrogen and oxygen atoms in total. The molecule has 0 atom stereocenters. The molecule has 0 aromatic heterocycles. The molecule has 0 aliphatic heterocycles. The van der Waals surface area contributed by atoms with Gasteiger partial charge in [0.15, 0.2) is 11.6 Å². The largest absolute Gasteiger partial charge is 0.381 e. The number of ether oxygens (including phenoxy) is 1. The summed E-state index contributed by atoms with van der Waals surface area (Å²) in [6.07, 6.45) is 9.84. The lowest BCUT2D eigenvalue weighted by molar-refractivity contribution is 0.0655. The van der Waals surface area contributed by atoms with Crippen molar-refractivity contribution in [2.45, 2.75) is 57.5 Å². The van der Waals surface area contributed by atoms with Crippen molar-refractivity contribution in [3.8, 4) is 11.1 Å². The Morgan fingerprint density at radius 1 is 0.963 bits per heavy atom. The van der Waals surface area contributed by atoms with Gasteiger partial charge >= 0.3 is 0 Å². The minimum absolute atomic E-state index is 0.0777. The predicted molar refractivity (Wildman–Crippen MR) is 107 cm³/mol. The Labute approximate surface area is 161 Å². The van der Waals surface area contributed by atoms with E-state index in [2.05, 4.69) is 6.08 Å². The van der Waals surface area contributed by atoms with Crippen LogP contribution in [-0.2, 0) is 11.2 Å². The minimum atomic E-state index is -0.733. The van der Waals surface area contributed by atoms with Crippen molar-refractivity contribution in [2.75, 3.05) is 7.11 Å². The minimum Gasteiger partial charge on any atom is -0.381 e. The van der Waals surface area contributed by atoms with Crippen LogP contribution in [-0.4, -0.2) is 13.2 Å². The van der Waals surface area contributed by atoms with E-state index in [4.69, 9.17) is 4.74 Å². The molecule has 0 radical (unpaired) electrons. The lowest BCUT2D eigenvalue weighted by Crippen LogP contribution is -2.20. The van der Waals surface area contributed by atoms with Crippen LogP contribution in [0.1, 0.15) is 56.1 Å². The van der Waals surface area contributed by atoms with Gasteiger partial charge in [-0.25, -0.2) is 8.78 Å². The molecule has 144 valence electrons. The predicted octanol–water partition coefficient (Wildman–Crippen LogP) is 6.81. The van der Waals surface area contributed by atoms with Gasteiger partial charge in [-0.2, -0.15) is 0 Å². The summed E-state index contributed by atoms with van der Waals surface area (Å²) in [7, 11) is 1.71. The zero-order chi connectivity index (χ0) is 19.2. The Balaban J connectivity index is 1.77. The van der Waals surface area contributed by atoms with Crippen LogP contribution in [0.5, 0.6) is 0 Å². The molecule has 1 aliphatic carbocycles. The molecule has 0 spiro atoms. The van der Waals surface area contributed by atoms with E-state index in [1.54, 1.807) is 19.2 Å². The third kappa shape index (κ3) is 4.65. The van der Waals surface area contributed by atoms with Crippen molar-refractivity contribution in [3.63, 3.8) is 0 Å². The number of hydrogen-bond donors (Lipinski definition) is 0. The first kappa shape index (κ1) is 19.8. The van der Waals surface area contributed by atoms with Crippen LogP contribution in [0.4, 0.5) is 8.78 Å². The summed E-state index contributed by atoms with van der Waals surface area (Å²) in [5, 5.41) is 0. The Bertz CT molecular complexity index is 772.